The van der Waals surface area contributed by atoms with Gasteiger partial charge in [0.15, 0.2) is 0 Å². The molecule has 0 N–H and O–H groups in total. The molecule has 2 rings (SSSR count). The zero-order chi connectivity index (χ0) is 9.97. The number of halogens is 2. The smallest absolute Gasteiger partial charge is 0.0702 e. The Balaban J connectivity index is 2.52. The molecule has 1 nitrogen and oxygen atoms in total. The van der Waals surface area contributed by atoms with E-state index >= 15 is 0 Å². The second kappa shape index (κ2) is 4.11. The lowest BCUT2D eigenvalue weighted by Crippen LogP contribution is -1.81. The molecule has 0 saturated carbocycles. The van der Waals surface area contributed by atoms with E-state index < -0.39 is 0 Å². The van der Waals surface area contributed by atoms with Crippen molar-refractivity contribution in [2.24, 2.45) is 0 Å². The molecule has 0 atom stereocenters. The van der Waals surface area contributed by atoms with Crippen LogP contribution in [0.3, 0.4) is 0 Å². The van der Waals surface area contributed by atoms with Crippen LogP contribution in [0.5, 0.6) is 0 Å². The molecule has 0 spiro atoms. The van der Waals surface area contributed by atoms with Gasteiger partial charge in [0, 0.05) is 21.3 Å². The van der Waals surface area contributed by atoms with Gasteiger partial charge in [-0.15, -0.1) is 0 Å². The lowest BCUT2D eigenvalue weighted by Gasteiger charge is -2.01. The van der Waals surface area contributed by atoms with Gasteiger partial charge in [-0.25, -0.2) is 0 Å². The average Bonchev–Trinajstić information content (AvgIpc) is 2.18. The Hall–Kier alpha value is -0.860. The second-order valence-corrected chi connectivity index (χ2v) is 4.23. The van der Waals surface area contributed by atoms with E-state index in [1.54, 1.807) is 6.20 Å². The highest BCUT2D eigenvalue weighted by Gasteiger charge is 2.00. The molecule has 1 aromatic carbocycles. The second-order valence-electron chi connectivity index (χ2n) is 2.87. The molecule has 0 aliphatic rings. The number of pyridine rings is 1. The van der Waals surface area contributed by atoms with Crippen LogP contribution in [0.2, 0.25) is 5.02 Å². The molecule has 0 aliphatic carbocycles. The third-order valence-electron chi connectivity index (χ3n) is 1.82. The maximum absolute atomic E-state index is 5.94. The Labute approximate surface area is 95.9 Å². The fourth-order valence-electron chi connectivity index (χ4n) is 1.24. The first-order valence-corrected chi connectivity index (χ1v) is 5.30. The number of rotatable bonds is 1. The normalized spacial score (nSPS) is 10.1. The minimum atomic E-state index is 0.708. The molecular weight excluding hydrogens is 261 g/mol. The molecule has 0 amide bonds. The Bertz CT molecular complexity index is 422. The van der Waals surface area contributed by atoms with Gasteiger partial charge >= 0.3 is 0 Å². The van der Waals surface area contributed by atoms with E-state index in [4.69, 9.17) is 11.6 Å². The van der Waals surface area contributed by atoms with Crippen LogP contribution in [0, 0.1) is 0 Å². The van der Waals surface area contributed by atoms with Crippen molar-refractivity contribution in [1.29, 1.82) is 0 Å². The first-order valence-electron chi connectivity index (χ1n) is 4.13. The van der Waals surface area contributed by atoms with Gasteiger partial charge in [0.1, 0.15) is 0 Å². The molecular formula is C11H7BrClN. The van der Waals surface area contributed by atoms with E-state index in [-0.39, 0.29) is 0 Å². The minimum absolute atomic E-state index is 0.708. The monoisotopic (exact) mass is 267 g/mol. The lowest BCUT2D eigenvalue weighted by molar-refractivity contribution is 1.32. The van der Waals surface area contributed by atoms with Crippen molar-refractivity contribution < 1.29 is 0 Å². The number of hydrogen-bond donors (Lipinski definition) is 0. The zero-order valence-electron chi connectivity index (χ0n) is 7.24. The summed E-state index contributed by atoms with van der Waals surface area (Å²) in [6.07, 6.45) is 1.77. The van der Waals surface area contributed by atoms with Crippen molar-refractivity contribution in [3.8, 4) is 11.3 Å². The molecule has 1 aromatic heterocycles. The average molecular weight is 269 g/mol. The van der Waals surface area contributed by atoms with Crippen molar-refractivity contribution in [2.45, 2.75) is 0 Å². The van der Waals surface area contributed by atoms with E-state index in [9.17, 15) is 0 Å². The first kappa shape index (κ1) is 9.69. The zero-order valence-corrected chi connectivity index (χ0v) is 9.59. The number of hydrogen-bond acceptors (Lipinski definition) is 1. The summed E-state index contributed by atoms with van der Waals surface area (Å²) in [7, 11) is 0. The van der Waals surface area contributed by atoms with Crippen molar-refractivity contribution in [2.75, 3.05) is 0 Å². The molecule has 0 saturated heterocycles. The Morgan fingerprint density at radius 3 is 2.64 bits per heavy atom. The van der Waals surface area contributed by atoms with Crippen molar-refractivity contribution in [1.82, 2.24) is 4.98 Å². The maximum Gasteiger partial charge on any atom is 0.0702 e. The van der Waals surface area contributed by atoms with Gasteiger partial charge in [-0.3, -0.25) is 4.98 Å². The lowest BCUT2D eigenvalue weighted by atomic mass is 10.1. The highest BCUT2D eigenvalue weighted by atomic mass is 79.9. The van der Waals surface area contributed by atoms with Crippen LogP contribution in [0.4, 0.5) is 0 Å². The number of aromatic nitrogens is 1. The SMILES string of the molecule is Clc1cc(Br)cc(-c2ccccn2)c1. The Morgan fingerprint density at radius 1 is 1.14 bits per heavy atom. The summed E-state index contributed by atoms with van der Waals surface area (Å²) in [6.45, 7) is 0. The third kappa shape index (κ3) is 2.14. The van der Waals surface area contributed by atoms with E-state index in [1.807, 2.05) is 36.4 Å². The van der Waals surface area contributed by atoms with Gasteiger partial charge in [0.25, 0.3) is 0 Å². The van der Waals surface area contributed by atoms with Gasteiger partial charge in [-0.2, -0.15) is 0 Å². The van der Waals surface area contributed by atoms with E-state index in [0.29, 0.717) is 5.02 Å². The molecule has 2 aromatic rings. The van der Waals surface area contributed by atoms with Gasteiger partial charge < -0.3 is 0 Å². The fourth-order valence-corrected chi connectivity index (χ4v) is 2.10. The largest absolute Gasteiger partial charge is 0.256 e. The molecule has 1 heterocycles. The van der Waals surface area contributed by atoms with Crippen LogP contribution < -0.4 is 0 Å². The van der Waals surface area contributed by atoms with Crippen LogP contribution >= 0.6 is 27.5 Å². The van der Waals surface area contributed by atoms with Gasteiger partial charge in [-0.05, 0) is 30.3 Å². The van der Waals surface area contributed by atoms with E-state index in [2.05, 4.69) is 20.9 Å². The van der Waals surface area contributed by atoms with Gasteiger partial charge in [0.2, 0.25) is 0 Å². The first-order chi connectivity index (χ1) is 6.75. The van der Waals surface area contributed by atoms with Crippen molar-refractivity contribution in [3.63, 3.8) is 0 Å². The van der Waals surface area contributed by atoms with Gasteiger partial charge in [0.05, 0.1) is 5.69 Å². The summed E-state index contributed by atoms with van der Waals surface area (Å²) >= 11 is 9.34. The quantitative estimate of drug-likeness (QED) is 0.756. The molecule has 70 valence electrons. The highest BCUT2D eigenvalue weighted by Crippen LogP contribution is 2.25. The summed E-state index contributed by atoms with van der Waals surface area (Å²) in [6, 6.07) is 11.6. The van der Waals surface area contributed by atoms with Crippen LogP contribution in [0.25, 0.3) is 11.3 Å². The predicted molar refractivity (Wildman–Crippen MR) is 62.4 cm³/mol. The summed E-state index contributed by atoms with van der Waals surface area (Å²) < 4.78 is 0.964. The highest BCUT2D eigenvalue weighted by molar-refractivity contribution is 9.10. The minimum Gasteiger partial charge on any atom is -0.256 e. The molecule has 0 bridgehead atoms. The topological polar surface area (TPSA) is 12.9 Å². The Kier molecular flexibility index (Phi) is 2.85. The van der Waals surface area contributed by atoms with Crippen LogP contribution in [0.15, 0.2) is 47.1 Å². The van der Waals surface area contributed by atoms with Crippen LogP contribution in [-0.4, -0.2) is 4.98 Å². The standard InChI is InChI=1S/C11H7BrClN/c12-9-5-8(6-10(13)7-9)11-3-1-2-4-14-11/h1-7H. The Morgan fingerprint density at radius 2 is 2.00 bits per heavy atom. The predicted octanol–water partition coefficient (Wildman–Crippen LogP) is 4.16. The molecule has 14 heavy (non-hydrogen) atoms. The van der Waals surface area contributed by atoms with Crippen molar-refractivity contribution in [3.05, 3.63) is 52.1 Å². The van der Waals surface area contributed by atoms with Crippen LogP contribution in [0.1, 0.15) is 0 Å². The number of benzene rings is 1. The fraction of sp³-hybridized carbons (Fsp3) is 0. The van der Waals surface area contributed by atoms with E-state index in [1.165, 1.54) is 0 Å². The van der Waals surface area contributed by atoms with E-state index in [0.717, 1.165) is 15.7 Å². The van der Waals surface area contributed by atoms with Gasteiger partial charge in [-0.1, -0.05) is 33.6 Å². The molecule has 3 heteroatoms. The summed E-state index contributed by atoms with van der Waals surface area (Å²) in [4.78, 5) is 4.25. The number of nitrogens with zero attached hydrogens (tertiary/aromatic N) is 1. The molecule has 0 aliphatic heterocycles. The third-order valence-corrected chi connectivity index (χ3v) is 2.50. The maximum atomic E-state index is 5.94. The molecule has 0 fully saturated rings. The molecule has 0 unspecified atom stereocenters. The van der Waals surface area contributed by atoms with Crippen LogP contribution in [-0.2, 0) is 0 Å². The summed E-state index contributed by atoms with van der Waals surface area (Å²) in [5.41, 5.74) is 1.95. The summed E-state index contributed by atoms with van der Waals surface area (Å²) in [5, 5.41) is 0.708. The molecule has 0 radical (unpaired) electrons. The van der Waals surface area contributed by atoms with Crippen molar-refractivity contribution >= 4 is 27.5 Å². The summed E-state index contributed by atoms with van der Waals surface area (Å²) in [5.74, 6) is 0.